The quantitative estimate of drug-likeness (QED) is 0.778. The van der Waals surface area contributed by atoms with Gasteiger partial charge in [-0.3, -0.25) is 0 Å². The van der Waals surface area contributed by atoms with Crippen LogP contribution in [0.4, 0.5) is 0 Å². The highest BCUT2D eigenvalue weighted by Gasteiger charge is 2.14. The Morgan fingerprint density at radius 2 is 1.76 bits per heavy atom. The monoisotopic (exact) mass is 345 g/mol. The highest BCUT2D eigenvalue weighted by molar-refractivity contribution is 9.10. The first-order valence-electron chi connectivity index (χ1n) is 7.56. The first-order chi connectivity index (χ1) is 10.0. The molecule has 21 heavy (non-hydrogen) atoms. The summed E-state index contributed by atoms with van der Waals surface area (Å²) in [6.07, 6.45) is 1.01. The van der Waals surface area contributed by atoms with Crippen molar-refractivity contribution in [3.8, 4) is 0 Å². The second kappa shape index (κ2) is 7.24. The van der Waals surface area contributed by atoms with Crippen LogP contribution >= 0.6 is 15.9 Å². The molecule has 2 heteroatoms. The van der Waals surface area contributed by atoms with Gasteiger partial charge in [-0.1, -0.05) is 58.7 Å². The summed E-state index contributed by atoms with van der Waals surface area (Å²) in [6.45, 7) is 9.63. The van der Waals surface area contributed by atoms with Gasteiger partial charge in [0, 0.05) is 10.5 Å². The van der Waals surface area contributed by atoms with E-state index >= 15 is 0 Å². The Morgan fingerprint density at radius 1 is 1.00 bits per heavy atom. The Balaban J connectivity index is 2.30. The highest BCUT2D eigenvalue weighted by Crippen LogP contribution is 2.27. The summed E-state index contributed by atoms with van der Waals surface area (Å²) in [5, 5.41) is 3.62. The number of nitrogens with one attached hydrogen (secondary N) is 1. The SMILES string of the molecule is CCNC(Cc1ccc(C)c(C)c1)c1cc(C)ccc1Br. The zero-order valence-corrected chi connectivity index (χ0v) is 14.9. The van der Waals surface area contributed by atoms with E-state index in [1.165, 1.54) is 32.3 Å². The van der Waals surface area contributed by atoms with Crippen LogP contribution in [0.15, 0.2) is 40.9 Å². The summed E-state index contributed by atoms with van der Waals surface area (Å²) in [5.41, 5.74) is 6.75. The van der Waals surface area contributed by atoms with Crippen LogP contribution in [0.2, 0.25) is 0 Å². The molecule has 2 aromatic rings. The number of hydrogen-bond acceptors (Lipinski definition) is 1. The molecule has 0 aromatic heterocycles. The Kier molecular flexibility index (Phi) is 5.60. The lowest BCUT2D eigenvalue weighted by Gasteiger charge is -2.21. The fourth-order valence-corrected chi connectivity index (χ4v) is 3.16. The minimum absolute atomic E-state index is 0.339. The van der Waals surface area contributed by atoms with Crippen LogP contribution in [-0.2, 0) is 6.42 Å². The van der Waals surface area contributed by atoms with Gasteiger partial charge in [-0.15, -0.1) is 0 Å². The number of aryl methyl sites for hydroxylation is 3. The molecule has 0 saturated carbocycles. The van der Waals surface area contributed by atoms with E-state index in [9.17, 15) is 0 Å². The lowest BCUT2D eigenvalue weighted by atomic mass is 9.95. The van der Waals surface area contributed by atoms with Gasteiger partial charge in [0.25, 0.3) is 0 Å². The minimum atomic E-state index is 0.339. The van der Waals surface area contributed by atoms with Gasteiger partial charge < -0.3 is 5.32 Å². The van der Waals surface area contributed by atoms with E-state index in [2.05, 4.69) is 85.3 Å². The average molecular weight is 346 g/mol. The Morgan fingerprint density at radius 3 is 2.43 bits per heavy atom. The normalized spacial score (nSPS) is 12.4. The Bertz CT molecular complexity index is 619. The maximum absolute atomic E-state index is 3.70. The van der Waals surface area contributed by atoms with Crippen LogP contribution in [0.5, 0.6) is 0 Å². The maximum Gasteiger partial charge on any atom is 0.0372 e. The van der Waals surface area contributed by atoms with Crippen molar-refractivity contribution in [2.45, 2.75) is 40.2 Å². The van der Waals surface area contributed by atoms with Crippen molar-refractivity contribution in [2.24, 2.45) is 0 Å². The largest absolute Gasteiger partial charge is 0.310 e. The first kappa shape index (κ1) is 16.3. The summed E-state index contributed by atoms with van der Waals surface area (Å²) in [6, 6.07) is 13.7. The fourth-order valence-electron chi connectivity index (χ4n) is 2.63. The van der Waals surface area contributed by atoms with Crippen molar-refractivity contribution in [3.05, 3.63) is 68.7 Å². The third-order valence-corrected chi connectivity index (χ3v) is 4.71. The molecule has 0 spiro atoms. The molecule has 0 saturated heterocycles. The molecule has 0 aliphatic carbocycles. The molecule has 0 amide bonds. The van der Waals surface area contributed by atoms with Crippen LogP contribution in [0.25, 0.3) is 0 Å². The van der Waals surface area contributed by atoms with E-state index in [0.29, 0.717) is 6.04 Å². The minimum Gasteiger partial charge on any atom is -0.310 e. The third-order valence-electron chi connectivity index (χ3n) is 3.99. The molecule has 0 aliphatic rings. The van der Waals surface area contributed by atoms with Gasteiger partial charge >= 0.3 is 0 Å². The second-order valence-corrected chi connectivity index (χ2v) is 6.61. The maximum atomic E-state index is 3.70. The van der Waals surface area contributed by atoms with Gasteiger partial charge in [0.1, 0.15) is 0 Å². The summed E-state index contributed by atoms with van der Waals surface area (Å²) >= 11 is 3.70. The molecule has 1 atom stereocenters. The zero-order valence-electron chi connectivity index (χ0n) is 13.3. The summed E-state index contributed by atoms with van der Waals surface area (Å²) in [7, 11) is 0. The molecular weight excluding hydrogens is 322 g/mol. The smallest absolute Gasteiger partial charge is 0.0372 e. The molecule has 2 rings (SSSR count). The average Bonchev–Trinajstić information content (AvgIpc) is 2.45. The van der Waals surface area contributed by atoms with E-state index in [0.717, 1.165) is 13.0 Å². The molecular formula is C19H24BrN. The van der Waals surface area contributed by atoms with Crippen molar-refractivity contribution in [1.29, 1.82) is 0 Å². The topological polar surface area (TPSA) is 12.0 Å². The van der Waals surface area contributed by atoms with E-state index in [4.69, 9.17) is 0 Å². The molecule has 0 radical (unpaired) electrons. The van der Waals surface area contributed by atoms with Crippen molar-refractivity contribution in [1.82, 2.24) is 5.32 Å². The van der Waals surface area contributed by atoms with E-state index in [-0.39, 0.29) is 0 Å². The Labute approximate surface area is 136 Å². The van der Waals surface area contributed by atoms with E-state index in [1.807, 2.05) is 0 Å². The van der Waals surface area contributed by atoms with Crippen molar-refractivity contribution < 1.29 is 0 Å². The molecule has 0 heterocycles. The van der Waals surface area contributed by atoms with Crippen molar-refractivity contribution >= 4 is 15.9 Å². The first-order valence-corrected chi connectivity index (χ1v) is 8.36. The number of halogens is 1. The molecule has 2 aromatic carbocycles. The van der Waals surface area contributed by atoms with Crippen molar-refractivity contribution in [2.75, 3.05) is 6.54 Å². The summed E-state index contributed by atoms with van der Waals surface area (Å²) in [5.74, 6) is 0. The number of hydrogen-bond donors (Lipinski definition) is 1. The van der Waals surface area contributed by atoms with Gasteiger partial charge in [-0.2, -0.15) is 0 Å². The van der Waals surface area contributed by atoms with Gasteiger partial charge in [0.15, 0.2) is 0 Å². The number of likely N-dealkylation sites (N-methyl/N-ethyl adjacent to an activating group) is 1. The van der Waals surface area contributed by atoms with Gasteiger partial charge in [0.05, 0.1) is 0 Å². The lowest BCUT2D eigenvalue weighted by molar-refractivity contribution is 0.547. The Hall–Kier alpha value is -1.12. The molecule has 0 bridgehead atoms. The number of benzene rings is 2. The summed E-state index contributed by atoms with van der Waals surface area (Å²) in [4.78, 5) is 0. The third kappa shape index (κ3) is 4.18. The second-order valence-electron chi connectivity index (χ2n) is 5.76. The molecule has 112 valence electrons. The van der Waals surface area contributed by atoms with E-state index in [1.54, 1.807) is 0 Å². The summed E-state index contributed by atoms with van der Waals surface area (Å²) < 4.78 is 1.18. The fraction of sp³-hybridized carbons (Fsp3) is 0.368. The zero-order chi connectivity index (χ0) is 15.4. The van der Waals surface area contributed by atoms with Crippen LogP contribution in [-0.4, -0.2) is 6.54 Å². The molecule has 1 nitrogen and oxygen atoms in total. The van der Waals surface area contributed by atoms with Gasteiger partial charge in [-0.05, 0) is 62.1 Å². The molecule has 0 fully saturated rings. The predicted octanol–water partition coefficient (Wildman–Crippen LogP) is 5.27. The van der Waals surface area contributed by atoms with Crippen LogP contribution in [0.1, 0.15) is 40.8 Å². The van der Waals surface area contributed by atoms with Crippen molar-refractivity contribution in [3.63, 3.8) is 0 Å². The van der Waals surface area contributed by atoms with Crippen LogP contribution in [0, 0.1) is 20.8 Å². The predicted molar refractivity (Wildman–Crippen MR) is 94.9 cm³/mol. The standard InChI is InChI=1S/C19H24BrN/c1-5-21-19(17-10-13(2)6-9-18(17)20)12-16-8-7-14(3)15(4)11-16/h6-11,19,21H,5,12H2,1-4H3. The van der Waals surface area contributed by atoms with Gasteiger partial charge in [0.2, 0.25) is 0 Å². The molecule has 1 N–H and O–H groups in total. The molecule has 0 aliphatic heterocycles. The van der Waals surface area contributed by atoms with Crippen LogP contribution < -0.4 is 5.32 Å². The molecule has 1 unspecified atom stereocenters. The highest BCUT2D eigenvalue weighted by atomic mass is 79.9. The lowest BCUT2D eigenvalue weighted by Crippen LogP contribution is -2.23. The van der Waals surface area contributed by atoms with Crippen LogP contribution in [0.3, 0.4) is 0 Å². The number of rotatable bonds is 5. The van der Waals surface area contributed by atoms with Gasteiger partial charge in [-0.25, -0.2) is 0 Å². The van der Waals surface area contributed by atoms with E-state index < -0.39 is 0 Å².